The number of carbonyl (C=O) groups is 1. The van der Waals surface area contributed by atoms with Gasteiger partial charge in [0, 0.05) is 19.6 Å². The van der Waals surface area contributed by atoms with Gasteiger partial charge in [0.1, 0.15) is 0 Å². The monoisotopic (exact) mass is 253 g/mol. The normalized spacial score (nSPS) is 15.4. The Kier molecular flexibility index (Phi) is 3.91. The summed E-state index contributed by atoms with van der Waals surface area (Å²) in [6, 6.07) is 0. The van der Waals surface area contributed by atoms with Crippen LogP contribution < -0.4 is 15.5 Å². The number of halogens is 1. The predicted octanol–water partition coefficient (Wildman–Crippen LogP) is 0.374. The molecule has 1 aliphatic rings. The van der Waals surface area contributed by atoms with Gasteiger partial charge >= 0.3 is 0 Å². The zero-order valence-electron chi connectivity index (χ0n) is 10.2. The third-order valence-electron chi connectivity index (χ3n) is 2.60. The summed E-state index contributed by atoms with van der Waals surface area (Å²) in [6.07, 6.45) is 2.06. The van der Waals surface area contributed by atoms with E-state index in [9.17, 15) is 9.18 Å². The van der Waals surface area contributed by atoms with Crippen molar-refractivity contribution in [1.82, 2.24) is 15.3 Å². The number of anilines is 2. The van der Waals surface area contributed by atoms with Gasteiger partial charge in [0.2, 0.25) is 11.9 Å². The maximum atomic E-state index is 13.7. The first-order chi connectivity index (χ1) is 8.70. The lowest BCUT2D eigenvalue weighted by molar-refractivity contribution is -0.120. The van der Waals surface area contributed by atoms with Gasteiger partial charge in [-0.1, -0.05) is 6.92 Å². The molecule has 1 aromatic rings. The highest BCUT2D eigenvalue weighted by Crippen LogP contribution is 2.17. The molecule has 1 aromatic heterocycles. The van der Waals surface area contributed by atoms with Crippen LogP contribution in [0, 0.1) is 5.82 Å². The van der Waals surface area contributed by atoms with Crippen molar-refractivity contribution in [1.29, 1.82) is 0 Å². The summed E-state index contributed by atoms with van der Waals surface area (Å²) >= 11 is 0. The fourth-order valence-electron chi connectivity index (χ4n) is 1.72. The number of nitrogens with zero attached hydrogens (tertiary/aromatic N) is 3. The number of aromatic nitrogens is 2. The molecule has 0 bridgehead atoms. The Labute approximate surface area is 105 Å². The first kappa shape index (κ1) is 12.5. The summed E-state index contributed by atoms with van der Waals surface area (Å²) in [5, 5.41) is 5.68. The van der Waals surface area contributed by atoms with Crippen molar-refractivity contribution in [2.24, 2.45) is 0 Å². The Morgan fingerprint density at radius 2 is 2.44 bits per heavy atom. The van der Waals surface area contributed by atoms with Gasteiger partial charge < -0.3 is 15.5 Å². The molecule has 6 nitrogen and oxygen atoms in total. The van der Waals surface area contributed by atoms with Crippen LogP contribution in [0.4, 0.5) is 16.2 Å². The number of hydrogen-bond donors (Lipinski definition) is 2. The van der Waals surface area contributed by atoms with Gasteiger partial charge in [-0.15, -0.1) is 0 Å². The van der Waals surface area contributed by atoms with Gasteiger partial charge in [-0.25, -0.2) is 9.37 Å². The van der Waals surface area contributed by atoms with Crippen LogP contribution >= 0.6 is 0 Å². The van der Waals surface area contributed by atoms with E-state index in [-0.39, 0.29) is 18.3 Å². The van der Waals surface area contributed by atoms with Crippen LogP contribution in [0.2, 0.25) is 0 Å². The van der Waals surface area contributed by atoms with E-state index in [2.05, 4.69) is 20.6 Å². The van der Waals surface area contributed by atoms with Gasteiger partial charge in [-0.2, -0.15) is 4.98 Å². The highest BCUT2D eigenvalue weighted by atomic mass is 19.1. The van der Waals surface area contributed by atoms with Crippen LogP contribution in [-0.2, 0) is 4.79 Å². The SMILES string of the molecule is CCCNc1ncc(F)c(N2CCNC(=O)C2)n1. The van der Waals surface area contributed by atoms with Gasteiger partial charge in [0.05, 0.1) is 12.7 Å². The Bertz CT molecular complexity index is 439. The first-order valence-corrected chi connectivity index (χ1v) is 5.98. The van der Waals surface area contributed by atoms with Crippen LogP contribution in [0.5, 0.6) is 0 Å². The Balaban J connectivity index is 2.17. The topological polar surface area (TPSA) is 70.2 Å². The molecule has 1 amide bonds. The van der Waals surface area contributed by atoms with Crippen LogP contribution in [0.3, 0.4) is 0 Å². The molecule has 2 N–H and O–H groups in total. The first-order valence-electron chi connectivity index (χ1n) is 5.98. The quantitative estimate of drug-likeness (QED) is 0.811. The van der Waals surface area contributed by atoms with Crippen LogP contribution in [0.15, 0.2) is 6.20 Å². The lowest BCUT2D eigenvalue weighted by Gasteiger charge is -2.27. The van der Waals surface area contributed by atoms with Gasteiger partial charge in [-0.05, 0) is 6.42 Å². The molecule has 0 spiro atoms. The lowest BCUT2D eigenvalue weighted by Crippen LogP contribution is -2.48. The van der Waals surface area contributed by atoms with E-state index in [1.54, 1.807) is 4.90 Å². The maximum absolute atomic E-state index is 13.7. The molecule has 1 aliphatic heterocycles. The Morgan fingerprint density at radius 1 is 1.61 bits per heavy atom. The molecular weight excluding hydrogens is 237 g/mol. The molecule has 0 atom stereocenters. The number of piperazine rings is 1. The van der Waals surface area contributed by atoms with Crippen molar-refractivity contribution < 1.29 is 9.18 Å². The van der Waals surface area contributed by atoms with E-state index in [0.717, 1.165) is 19.2 Å². The van der Waals surface area contributed by atoms with E-state index < -0.39 is 5.82 Å². The van der Waals surface area contributed by atoms with Crippen LogP contribution in [-0.4, -0.2) is 42.1 Å². The second-order valence-corrected chi connectivity index (χ2v) is 4.06. The van der Waals surface area contributed by atoms with Crippen molar-refractivity contribution in [3.05, 3.63) is 12.0 Å². The summed E-state index contributed by atoms with van der Waals surface area (Å²) in [7, 11) is 0. The molecule has 1 saturated heterocycles. The Morgan fingerprint density at radius 3 is 3.17 bits per heavy atom. The predicted molar refractivity (Wildman–Crippen MR) is 66.0 cm³/mol. The second-order valence-electron chi connectivity index (χ2n) is 4.06. The number of carbonyl (C=O) groups excluding carboxylic acids is 1. The van der Waals surface area contributed by atoms with Gasteiger partial charge in [-0.3, -0.25) is 4.79 Å². The molecular formula is C11H16FN5O. The number of hydrogen-bond acceptors (Lipinski definition) is 5. The molecule has 98 valence electrons. The fourth-order valence-corrected chi connectivity index (χ4v) is 1.72. The largest absolute Gasteiger partial charge is 0.354 e. The minimum Gasteiger partial charge on any atom is -0.354 e. The summed E-state index contributed by atoms with van der Waals surface area (Å²) in [6.45, 7) is 3.92. The number of rotatable bonds is 4. The number of nitrogens with one attached hydrogen (secondary N) is 2. The third-order valence-corrected chi connectivity index (χ3v) is 2.60. The number of amides is 1. The zero-order chi connectivity index (χ0) is 13.0. The summed E-state index contributed by atoms with van der Waals surface area (Å²) in [4.78, 5) is 20.9. The minimum absolute atomic E-state index is 0.123. The van der Waals surface area contributed by atoms with E-state index in [1.807, 2.05) is 6.92 Å². The third kappa shape index (κ3) is 2.85. The average Bonchev–Trinajstić information content (AvgIpc) is 2.38. The molecule has 0 aliphatic carbocycles. The van der Waals surface area contributed by atoms with Gasteiger partial charge in [0.15, 0.2) is 11.6 Å². The maximum Gasteiger partial charge on any atom is 0.239 e. The van der Waals surface area contributed by atoms with E-state index in [4.69, 9.17) is 0 Å². The second kappa shape index (κ2) is 5.61. The van der Waals surface area contributed by atoms with E-state index >= 15 is 0 Å². The summed E-state index contributed by atoms with van der Waals surface area (Å²) < 4.78 is 13.7. The highest BCUT2D eigenvalue weighted by Gasteiger charge is 2.21. The van der Waals surface area contributed by atoms with Crippen molar-refractivity contribution in [3.8, 4) is 0 Å². The smallest absolute Gasteiger partial charge is 0.239 e. The molecule has 2 rings (SSSR count). The van der Waals surface area contributed by atoms with Crippen molar-refractivity contribution in [2.45, 2.75) is 13.3 Å². The molecule has 0 unspecified atom stereocenters. The Hall–Kier alpha value is -1.92. The average molecular weight is 253 g/mol. The standard InChI is InChI=1S/C11H16FN5O/c1-2-3-14-11-15-6-8(12)10(16-11)17-5-4-13-9(18)7-17/h6H,2-5,7H2,1H3,(H,13,18)(H,14,15,16). The zero-order valence-corrected chi connectivity index (χ0v) is 10.2. The van der Waals surface area contributed by atoms with Gasteiger partial charge in [0.25, 0.3) is 0 Å². The fraction of sp³-hybridized carbons (Fsp3) is 0.545. The van der Waals surface area contributed by atoms with Crippen molar-refractivity contribution >= 4 is 17.7 Å². The lowest BCUT2D eigenvalue weighted by atomic mass is 10.3. The highest BCUT2D eigenvalue weighted by molar-refractivity contribution is 5.82. The van der Waals surface area contributed by atoms with E-state index in [0.29, 0.717) is 19.0 Å². The molecule has 7 heteroatoms. The molecule has 0 radical (unpaired) electrons. The molecule has 0 saturated carbocycles. The summed E-state index contributed by atoms with van der Waals surface area (Å²) in [5.41, 5.74) is 0. The van der Waals surface area contributed by atoms with E-state index in [1.165, 1.54) is 0 Å². The minimum atomic E-state index is -0.508. The van der Waals surface area contributed by atoms with Crippen LogP contribution in [0.1, 0.15) is 13.3 Å². The molecule has 18 heavy (non-hydrogen) atoms. The van der Waals surface area contributed by atoms with Crippen molar-refractivity contribution in [3.63, 3.8) is 0 Å². The molecule has 1 fully saturated rings. The summed E-state index contributed by atoms with van der Waals surface area (Å²) in [5.74, 6) is -0.0632. The molecule has 0 aromatic carbocycles. The molecule has 2 heterocycles. The van der Waals surface area contributed by atoms with Crippen molar-refractivity contribution in [2.75, 3.05) is 36.4 Å². The van der Waals surface area contributed by atoms with Crippen LogP contribution in [0.25, 0.3) is 0 Å².